The van der Waals surface area contributed by atoms with Gasteiger partial charge in [0.2, 0.25) is 10.0 Å². The quantitative estimate of drug-likeness (QED) is 0.803. The summed E-state index contributed by atoms with van der Waals surface area (Å²) in [5.74, 6) is 0. The van der Waals surface area contributed by atoms with Gasteiger partial charge in [-0.15, -0.1) is 0 Å². The highest BCUT2D eigenvalue weighted by Gasteiger charge is 2.40. The van der Waals surface area contributed by atoms with Crippen molar-refractivity contribution in [3.8, 4) is 0 Å². The van der Waals surface area contributed by atoms with Crippen LogP contribution in [0.15, 0.2) is 27.6 Å². The van der Waals surface area contributed by atoms with Gasteiger partial charge in [0, 0.05) is 29.6 Å². The summed E-state index contributed by atoms with van der Waals surface area (Å²) in [6, 6.07) is 5.28. The Morgan fingerprint density at radius 2 is 2.10 bits per heavy atom. The van der Waals surface area contributed by atoms with Crippen molar-refractivity contribution in [3.63, 3.8) is 0 Å². The normalized spacial score (nSPS) is 27.7. The largest absolute Gasteiger partial charge is 0.398 e. The Kier molecular flexibility index (Phi) is 4.02. The van der Waals surface area contributed by atoms with Gasteiger partial charge >= 0.3 is 0 Å². The lowest BCUT2D eigenvalue weighted by atomic mass is 10.1. The van der Waals surface area contributed by atoms with Crippen LogP contribution in [0, 0.1) is 0 Å². The number of anilines is 1. The predicted molar refractivity (Wildman–Crippen MR) is 86.5 cm³/mol. The van der Waals surface area contributed by atoms with Gasteiger partial charge in [-0.2, -0.15) is 4.31 Å². The van der Waals surface area contributed by atoms with Crippen molar-refractivity contribution in [2.75, 3.05) is 25.4 Å². The van der Waals surface area contributed by atoms with E-state index in [0.717, 1.165) is 30.4 Å². The molecule has 7 heteroatoms. The number of nitrogens with two attached hydrogens (primary N) is 1. The van der Waals surface area contributed by atoms with Crippen LogP contribution in [0.1, 0.15) is 19.8 Å². The topological polar surface area (TPSA) is 66.6 Å². The highest BCUT2D eigenvalue weighted by Crippen LogP contribution is 2.31. The fraction of sp³-hybridized carbons (Fsp3) is 0.571. The van der Waals surface area contributed by atoms with Crippen LogP contribution in [0.25, 0.3) is 0 Å². The number of fused-ring (bicyclic) bond motifs is 1. The Labute approximate surface area is 134 Å². The van der Waals surface area contributed by atoms with Crippen molar-refractivity contribution in [1.29, 1.82) is 0 Å². The molecule has 2 N–H and O–H groups in total. The Morgan fingerprint density at radius 1 is 1.33 bits per heavy atom. The number of benzene rings is 1. The third kappa shape index (κ3) is 2.72. The molecule has 2 unspecified atom stereocenters. The van der Waals surface area contributed by atoms with Gasteiger partial charge in [0.25, 0.3) is 0 Å². The molecular weight excluding hydrogens is 354 g/mol. The molecule has 5 nitrogen and oxygen atoms in total. The van der Waals surface area contributed by atoms with Crippen LogP contribution in [-0.4, -0.2) is 49.3 Å². The third-order valence-electron chi connectivity index (χ3n) is 4.44. The molecule has 21 heavy (non-hydrogen) atoms. The van der Waals surface area contributed by atoms with E-state index in [1.54, 1.807) is 22.5 Å². The third-order valence-corrected chi connectivity index (χ3v) is 6.99. The minimum atomic E-state index is -3.54. The van der Waals surface area contributed by atoms with Gasteiger partial charge in [-0.25, -0.2) is 8.42 Å². The summed E-state index contributed by atoms with van der Waals surface area (Å²) in [4.78, 5) is 2.62. The lowest BCUT2D eigenvalue weighted by molar-refractivity contribution is 0.117. The highest BCUT2D eigenvalue weighted by molar-refractivity contribution is 9.10. The fourth-order valence-electron chi connectivity index (χ4n) is 3.38. The number of piperazine rings is 1. The first-order valence-electron chi connectivity index (χ1n) is 7.20. The maximum atomic E-state index is 12.9. The zero-order valence-electron chi connectivity index (χ0n) is 12.0. The molecule has 2 saturated heterocycles. The summed E-state index contributed by atoms with van der Waals surface area (Å²) in [5.41, 5.74) is 6.22. The molecule has 3 rings (SSSR count). The van der Waals surface area contributed by atoms with Gasteiger partial charge in [-0.3, -0.25) is 4.90 Å². The van der Waals surface area contributed by atoms with Gasteiger partial charge in [-0.05, 0) is 44.5 Å². The van der Waals surface area contributed by atoms with E-state index in [1.165, 1.54) is 0 Å². The average Bonchev–Trinajstić information content (AvgIpc) is 2.84. The van der Waals surface area contributed by atoms with E-state index in [4.69, 9.17) is 5.73 Å². The molecule has 0 bridgehead atoms. The highest BCUT2D eigenvalue weighted by atomic mass is 79.9. The SMILES string of the molecule is CC1CN2CCCC2CN1S(=O)(=O)c1ccc(Br)cc1N. The van der Waals surface area contributed by atoms with Gasteiger partial charge < -0.3 is 5.73 Å². The molecule has 0 aliphatic carbocycles. The van der Waals surface area contributed by atoms with E-state index in [2.05, 4.69) is 20.8 Å². The van der Waals surface area contributed by atoms with Crippen LogP contribution in [0.3, 0.4) is 0 Å². The number of rotatable bonds is 2. The Balaban J connectivity index is 1.93. The predicted octanol–water partition coefficient (Wildman–Crippen LogP) is 1.89. The summed E-state index contributed by atoms with van der Waals surface area (Å²) in [6.07, 6.45) is 2.24. The zero-order valence-corrected chi connectivity index (χ0v) is 14.4. The minimum Gasteiger partial charge on any atom is -0.398 e. The fourth-order valence-corrected chi connectivity index (χ4v) is 5.51. The molecule has 2 aliphatic rings. The van der Waals surface area contributed by atoms with E-state index >= 15 is 0 Å². The number of nitrogen functional groups attached to an aromatic ring is 1. The lowest BCUT2D eigenvalue weighted by Crippen LogP contribution is -2.56. The number of hydrogen-bond acceptors (Lipinski definition) is 4. The van der Waals surface area contributed by atoms with E-state index in [1.807, 2.05) is 6.92 Å². The van der Waals surface area contributed by atoms with E-state index in [9.17, 15) is 8.42 Å². The monoisotopic (exact) mass is 373 g/mol. The second kappa shape index (κ2) is 5.53. The van der Waals surface area contributed by atoms with Gasteiger partial charge in [0.1, 0.15) is 4.90 Å². The average molecular weight is 374 g/mol. The summed E-state index contributed by atoms with van der Waals surface area (Å²) in [6.45, 7) is 4.43. The van der Waals surface area contributed by atoms with Crippen molar-refractivity contribution in [2.24, 2.45) is 0 Å². The first-order chi connectivity index (χ1) is 9.89. The van der Waals surface area contributed by atoms with Crippen LogP contribution in [0.2, 0.25) is 0 Å². The molecule has 0 amide bonds. The van der Waals surface area contributed by atoms with Crippen molar-refractivity contribution in [1.82, 2.24) is 9.21 Å². The Morgan fingerprint density at radius 3 is 2.81 bits per heavy atom. The molecule has 2 fully saturated rings. The van der Waals surface area contributed by atoms with Crippen molar-refractivity contribution in [2.45, 2.75) is 36.7 Å². The molecule has 0 aromatic heterocycles. The molecule has 1 aromatic carbocycles. The summed E-state index contributed by atoms with van der Waals surface area (Å²) < 4.78 is 28.3. The smallest absolute Gasteiger partial charge is 0.245 e. The van der Waals surface area contributed by atoms with Crippen molar-refractivity contribution in [3.05, 3.63) is 22.7 Å². The maximum Gasteiger partial charge on any atom is 0.245 e. The Bertz CT molecular complexity index is 650. The van der Waals surface area contributed by atoms with Crippen LogP contribution >= 0.6 is 15.9 Å². The molecule has 0 saturated carbocycles. The Hall–Kier alpha value is -0.630. The van der Waals surface area contributed by atoms with E-state index < -0.39 is 10.0 Å². The summed E-state index contributed by atoms with van der Waals surface area (Å²) in [5, 5.41) is 0. The number of sulfonamides is 1. The maximum absolute atomic E-state index is 12.9. The van der Waals surface area contributed by atoms with Crippen LogP contribution in [0.4, 0.5) is 5.69 Å². The van der Waals surface area contributed by atoms with Gasteiger partial charge in [0.05, 0.1) is 5.69 Å². The molecule has 2 heterocycles. The second-order valence-electron chi connectivity index (χ2n) is 5.90. The standard InChI is InChI=1S/C14H20BrN3O2S/c1-10-8-17-6-2-3-12(17)9-18(10)21(19,20)14-5-4-11(15)7-13(14)16/h4-5,7,10,12H,2-3,6,8-9,16H2,1H3. The van der Waals surface area contributed by atoms with Crippen LogP contribution in [0.5, 0.6) is 0 Å². The molecular formula is C14H20BrN3O2S. The van der Waals surface area contributed by atoms with Gasteiger partial charge in [0.15, 0.2) is 0 Å². The van der Waals surface area contributed by atoms with Crippen molar-refractivity contribution >= 4 is 31.6 Å². The number of nitrogens with zero attached hydrogens (tertiary/aromatic N) is 2. The lowest BCUT2D eigenvalue weighted by Gasteiger charge is -2.41. The number of hydrogen-bond donors (Lipinski definition) is 1. The zero-order chi connectivity index (χ0) is 15.2. The van der Waals surface area contributed by atoms with E-state index in [-0.39, 0.29) is 10.9 Å². The van der Waals surface area contributed by atoms with Gasteiger partial charge in [-0.1, -0.05) is 15.9 Å². The molecule has 2 aliphatic heterocycles. The number of halogens is 1. The summed E-state index contributed by atoms with van der Waals surface area (Å²) in [7, 11) is -3.54. The molecule has 2 atom stereocenters. The first kappa shape index (κ1) is 15.3. The second-order valence-corrected chi connectivity index (χ2v) is 8.67. The van der Waals surface area contributed by atoms with Crippen LogP contribution in [-0.2, 0) is 10.0 Å². The molecule has 116 valence electrons. The molecule has 0 spiro atoms. The van der Waals surface area contributed by atoms with Crippen LogP contribution < -0.4 is 5.73 Å². The van der Waals surface area contributed by atoms with E-state index in [0.29, 0.717) is 18.3 Å². The first-order valence-corrected chi connectivity index (χ1v) is 9.44. The molecule has 1 aromatic rings. The van der Waals surface area contributed by atoms with Crippen molar-refractivity contribution < 1.29 is 8.42 Å². The minimum absolute atomic E-state index is 0.0209. The summed E-state index contributed by atoms with van der Waals surface area (Å²) >= 11 is 3.31. The molecule has 0 radical (unpaired) electrons.